The summed E-state index contributed by atoms with van der Waals surface area (Å²) in [5.74, 6) is -5.67. The van der Waals surface area contributed by atoms with Crippen molar-refractivity contribution in [2.45, 2.75) is 12.8 Å². The standard InChI is InChI=1S/C4H5FN4O7/c1-3(10)6(9(15)16)2-4(5,7(11)12)8(13)14/h2H2,1H3. The minimum Gasteiger partial charge on any atom is -0.269 e. The second-order valence-electron chi connectivity index (χ2n) is 2.55. The van der Waals surface area contributed by atoms with Crippen molar-refractivity contribution in [3.8, 4) is 0 Å². The molecule has 0 heterocycles. The lowest BCUT2D eigenvalue weighted by molar-refractivity contribution is -0.839. The second kappa shape index (κ2) is 4.41. The Hall–Kier alpha value is -2.40. The number of alkyl halides is 1. The van der Waals surface area contributed by atoms with E-state index >= 15 is 0 Å². The topological polar surface area (TPSA) is 150 Å². The Morgan fingerprint density at radius 1 is 1.25 bits per heavy atom. The Bertz CT molecular complexity index is 328. The highest BCUT2D eigenvalue weighted by Crippen LogP contribution is 2.15. The van der Waals surface area contributed by atoms with Gasteiger partial charge in [0.15, 0.2) is 5.03 Å². The number of carbonyl (C=O) groups excluding carboxylic acids is 1. The predicted octanol–water partition coefficient (Wildman–Crippen LogP) is -0.797. The normalized spacial score (nSPS) is 10.6. The van der Waals surface area contributed by atoms with Crippen LogP contribution in [0.5, 0.6) is 0 Å². The summed E-state index contributed by atoms with van der Waals surface area (Å²) in [6.07, 6.45) is 0. The van der Waals surface area contributed by atoms with Gasteiger partial charge in [-0.1, -0.05) is 4.39 Å². The van der Waals surface area contributed by atoms with E-state index in [9.17, 15) is 39.5 Å². The summed E-state index contributed by atoms with van der Waals surface area (Å²) in [7, 11) is 0. The van der Waals surface area contributed by atoms with E-state index in [0.29, 0.717) is 6.92 Å². The van der Waals surface area contributed by atoms with Gasteiger partial charge in [-0.25, -0.2) is 10.1 Å². The molecule has 0 spiro atoms. The number of amides is 1. The monoisotopic (exact) mass is 240 g/mol. The van der Waals surface area contributed by atoms with Gasteiger partial charge in [0.2, 0.25) is 0 Å². The molecule has 0 unspecified atom stereocenters. The number of hydrazine groups is 1. The Labute approximate surface area is 85.9 Å². The smallest absolute Gasteiger partial charge is 0.269 e. The molecule has 0 fully saturated rings. The first-order valence-electron chi connectivity index (χ1n) is 3.53. The van der Waals surface area contributed by atoms with Crippen molar-refractivity contribution in [2.75, 3.05) is 6.54 Å². The summed E-state index contributed by atoms with van der Waals surface area (Å²) in [5.41, 5.74) is 0. The first kappa shape index (κ1) is 13.6. The fraction of sp³-hybridized carbons (Fsp3) is 0.750. The Morgan fingerprint density at radius 3 is 1.81 bits per heavy atom. The van der Waals surface area contributed by atoms with Gasteiger partial charge in [0.1, 0.15) is 9.85 Å². The zero-order chi connectivity index (χ0) is 13.1. The van der Waals surface area contributed by atoms with Gasteiger partial charge in [0.25, 0.3) is 12.5 Å². The molecule has 12 heteroatoms. The van der Waals surface area contributed by atoms with Crippen LogP contribution < -0.4 is 0 Å². The van der Waals surface area contributed by atoms with Crippen LogP contribution >= 0.6 is 0 Å². The van der Waals surface area contributed by atoms with Crippen LogP contribution in [0.25, 0.3) is 0 Å². The third-order valence-electron chi connectivity index (χ3n) is 1.47. The number of hydrogen-bond acceptors (Lipinski definition) is 7. The SMILES string of the molecule is CC(=O)N(CC(F)([N+](=O)[O-])[N+](=O)[O-])[N+](=O)[O-]. The molecule has 0 bridgehead atoms. The molecule has 0 atom stereocenters. The lowest BCUT2D eigenvalue weighted by Gasteiger charge is -2.12. The van der Waals surface area contributed by atoms with E-state index in [4.69, 9.17) is 0 Å². The average molecular weight is 240 g/mol. The quantitative estimate of drug-likeness (QED) is 0.264. The van der Waals surface area contributed by atoms with E-state index in [0.717, 1.165) is 0 Å². The van der Waals surface area contributed by atoms with Gasteiger partial charge >= 0.3 is 5.92 Å². The van der Waals surface area contributed by atoms with Crippen LogP contribution in [-0.4, -0.2) is 38.3 Å². The third kappa shape index (κ3) is 2.55. The molecule has 0 aliphatic heterocycles. The van der Waals surface area contributed by atoms with Gasteiger partial charge in [0.05, 0.1) is 0 Å². The summed E-state index contributed by atoms with van der Waals surface area (Å²) < 4.78 is 13.1. The number of nitro groups is 3. The maximum atomic E-state index is 13.1. The Morgan fingerprint density at radius 2 is 1.62 bits per heavy atom. The third-order valence-corrected chi connectivity index (χ3v) is 1.47. The number of nitrogens with zero attached hydrogens (tertiary/aromatic N) is 4. The van der Waals surface area contributed by atoms with E-state index < -0.39 is 38.3 Å². The molecule has 0 aromatic carbocycles. The van der Waals surface area contributed by atoms with Gasteiger partial charge in [-0.3, -0.25) is 25.0 Å². The summed E-state index contributed by atoms with van der Waals surface area (Å²) in [6.45, 7) is -1.29. The molecule has 11 nitrogen and oxygen atoms in total. The average Bonchev–Trinajstić information content (AvgIpc) is 2.11. The molecule has 0 aromatic heterocycles. The largest absolute Gasteiger partial charge is 0.638 e. The number of carbonyl (C=O) groups is 1. The molecule has 0 aliphatic rings. The molecule has 90 valence electrons. The molecule has 0 aliphatic carbocycles. The maximum Gasteiger partial charge on any atom is 0.638 e. The second-order valence-corrected chi connectivity index (χ2v) is 2.55. The number of hydrogen-bond donors (Lipinski definition) is 0. The zero-order valence-electron chi connectivity index (χ0n) is 7.73. The highest BCUT2D eigenvalue weighted by molar-refractivity contribution is 5.71. The van der Waals surface area contributed by atoms with Gasteiger partial charge in [0, 0.05) is 6.92 Å². The van der Waals surface area contributed by atoms with Crippen LogP contribution in [0.3, 0.4) is 0 Å². The molecular weight excluding hydrogens is 235 g/mol. The predicted molar refractivity (Wildman–Crippen MR) is 42.2 cm³/mol. The van der Waals surface area contributed by atoms with Crippen molar-refractivity contribution >= 4 is 5.91 Å². The van der Waals surface area contributed by atoms with Crippen LogP contribution in [0.1, 0.15) is 6.92 Å². The fourth-order valence-corrected chi connectivity index (χ4v) is 0.657. The molecule has 0 radical (unpaired) electrons. The van der Waals surface area contributed by atoms with Crippen LogP contribution in [0.4, 0.5) is 4.39 Å². The van der Waals surface area contributed by atoms with Crippen LogP contribution in [0, 0.1) is 30.3 Å². The molecule has 0 N–H and O–H groups in total. The molecule has 0 aromatic rings. The first-order valence-corrected chi connectivity index (χ1v) is 3.53. The number of halogens is 1. The highest BCUT2D eigenvalue weighted by Gasteiger charge is 2.62. The van der Waals surface area contributed by atoms with E-state index in [1.807, 2.05) is 0 Å². The maximum absolute atomic E-state index is 13.1. The van der Waals surface area contributed by atoms with Crippen LogP contribution in [0.15, 0.2) is 0 Å². The van der Waals surface area contributed by atoms with Crippen molar-refractivity contribution in [1.82, 2.24) is 5.01 Å². The zero-order valence-corrected chi connectivity index (χ0v) is 7.73. The summed E-state index contributed by atoms with van der Waals surface area (Å²) in [4.78, 5) is 37.0. The minimum absolute atomic E-state index is 0.550. The lowest BCUT2D eigenvalue weighted by atomic mass is 10.4. The van der Waals surface area contributed by atoms with E-state index in [2.05, 4.69) is 0 Å². The Kier molecular flexibility index (Phi) is 3.75. The van der Waals surface area contributed by atoms with E-state index in [1.165, 1.54) is 0 Å². The molecule has 1 amide bonds. The summed E-state index contributed by atoms with van der Waals surface area (Å²) in [5, 5.41) is 28.3. The molecule has 16 heavy (non-hydrogen) atoms. The lowest BCUT2D eigenvalue weighted by Crippen LogP contribution is -2.53. The number of rotatable bonds is 5. The molecule has 0 saturated heterocycles. The van der Waals surface area contributed by atoms with Crippen LogP contribution in [0.2, 0.25) is 0 Å². The molecule has 0 rings (SSSR count). The van der Waals surface area contributed by atoms with Crippen molar-refractivity contribution in [3.05, 3.63) is 30.3 Å². The van der Waals surface area contributed by atoms with Gasteiger partial charge in [-0.15, -0.1) is 0 Å². The highest BCUT2D eigenvalue weighted by atomic mass is 19.2. The van der Waals surface area contributed by atoms with Crippen molar-refractivity contribution in [1.29, 1.82) is 0 Å². The van der Waals surface area contributed by atoms with Gasteiger partial charge in [-0.2, -0.15) is 0 Å². The van der Waals surface area contributed by atoms with Crippen molar-refractivity contribution in [3.63, 3.8) is 0 Å². The minimum atomic E-state index is -4.31. The van der Waals surface area contributed by atoms with E-state index in [1.54, 1.807) is 0 Å². The molecule has 0 saturated carbocycles. The molecular formula is C4H5FN4O7. The van der Waals surface area contributed by atoms with Crippen molar-refractivity contribution < 1.29 is 24.1 Å². The van der Waals surface area contributed by atoms with Gasteiger partial charge in [-0.05, 0) is 5.01 Å². The first-order chi connectivity index (χ1) is 7.12. The van der Waals surface area contributed by atoms with Crippen molar-refractivity contribution in [2.24, 2.45) is 0 Å². The van der Waals surface area contributed by atoms with Gasteiger partial charge < -0.3 is 0 Å². The fourth-order valence-electron chi connectivity index (χ4n) is 0.657. The van der Waals surface area contributed by atoms with E-state index in [-0.39, 0.29) is 0 Å². The Balaban J connectivity index is 5.16. The summed E-state index contributed by atoms with van der Waals surface area (Å²) >= 11 is 0. The summed E-state index contributed by atoms with van der Waals surface area (Å²) in [6, 6.07) is 0. The van der Waals surface area contributed by atoms with Crippen LogP contribution in [-0.2, 0) is 4.79 Å².